The van der Waals surface area contributed by atoms with Gasteiger partial charge in [0.25, 0.3) is 5.91 Å². The summed E-state index contributed by atoms with van der Waals surface area (Å²) in [6, 6.07) is 3.30. The highest BCUT2D eigenvalue weighted by molar-refractivity contribution is 5.96. The number of aliphatic hydroxyl groups excluding tert-OH is 1. The third kappa shape index (κ3) is 4.89. The molecular weight excluding hydrogens is 272 g/mol. The number of carbonyl (C=O) groups excluding carboxylic acids is 2. The second kappa shape index (κ2) is 8.72. The molecule has 0 bridgehead atoms. The second-order valence-electron chi connectivity index (χ2n) is 4.16. The van der Waals surface area contributed by atoms with Crippen LogP contribution in [0.5, 0.6) is 0 Å². The number of carbonyl (C=O) groups is 2. The Morgan fingerprint density at radius 3 is 2.86 bits per heavy atom. The van der Waals surface area contributed by atoms with E-state index in [0.29, 0.717) is 18.5 Å². The van der Waals surface area contributed by atoms with E-state index in [0.717, 1.165) is 0 Å². The molecule has 1 amide bonds. The Morgan fingerprint density at radius 2 is 2.24 bits per heavy atom. The monoisotopic (exact) mass is 290 g/mol. The predicted molar refractivity (Wildman–Crippen MR) is 76.4 cm³/mol. The van der Waals surface area contributed by atoms with Crippen molar-refractivity contribution in [1.82, 2.24) is 9.88 Å². The summed E-state index contributed by atoms with van der Waals surface area (Å²) in [7, 11) is 1.27. The van der Waals surface area contributed by atoms with Crippen LogP contribution < -0.4 is 0 Å². The molecule has 0 radical (unpaired) electrons. The predicted octanol–water partition coefficient (Wildman–Crippen LogP) is 0.451. The maximum absolute atomic E-state index is 12.5. The van der Waals surface area contributed by atoms with Crippen molar-refractivity contribution in [1.29, 1.82) is 0 Å². The van der Waals surface area contributed by atoms with Crippen LogP contribution in [0.2, 0.25) is 0 Å². The fourth-order valence-corrected chi connectivity index (χ4v) is 1.70. The van der Waals surface area contributed by atoms with Crippen molar-refractivity contribution in [2.75, 3.05) is 26.8 Å². The van der Waals surface area contributed by atoms with Crippen molar-refractivity contribution in [2.24, 2.45) is 0 Å². The van der Waals surface area contributed by atoms with Crippen LogP contribution in [0, 0.1) is 11.8 Å². The van der Waals surface area contributed by atoms with Gasteiger partial charge in [0, 0.05) is 12.7 Å². The lowest BCUT2D eigenvalue weighted by atomic mass is 10.1. The van der Waals surface area contributed by atoms with E-state index in [1.165, 1.54) is 18.2 Å². The summed E-state index contributed by atoms with van der Waals surface area (Å²) in [4.78, 5) is 29.3. The molecule has 1 aromatic heterocycles. The Balaban J connectivity index is 3.05. The van der Waals surface area contributed by atoms with E-state index < -0.39 is 5.97 Å². The van der Waals surface area contributed by atoms with E-state index in [-0.39, 0.29) is 24.8 Å². The Morgan fingerprint density at radius 1 is 1.48 bits per heavy atom. The zero-order valence-electron chi connectivity index (χ0n) is 12.1. The minimum absolute atomic E-state index is 0.132. The molecule has 0 aliphatic heterocycles. The largest absolute Gasteiger partial charge is 0.468 e. The van der Waals surface area contributed by atoms with Gasteiger partial charge in [0.05, 0.1) is 12.7 Å². The number of rotatable bonds is 5. The highest BCUT2D eigenvalue weighted by Gasteiger charge is 2.21. The molecule has 0 atom stereocenters. The van der Waals surface area contributed by atoms with E-state index in [9.17, 15) is 9.59 Å². The third-order valence-electron chi connectivity index (χ3n) is 2.64. The van der Waals surface area contributed by atoms with Crippen LogP contribution in [0.25, 0.3) is 0 Å². The standard InChI is InChI=1S/C15H18N2O4/c1-3-9-17(11-13(19)21-2)15(20)14-12(7-5-10-18)6-4-8-16-14/h4,6,8,18H,3,9-11H2,1-2H3. The van der Waals surface area contributed by atoms with Crippen molar-refractivity contribution in [3.8, 4) is 11.8 Å². The van der Waals surface area contributed by atoms with Gasteiger partial charge in [-0.15, -0.1) is 0 Å². The lowest BCUT2D eigenvalue weighted by molar-refractivity contribution is -0.141. The Hall–Kier alpha value is -2.39. The van der Waals surface area contributed by atoms with Crippen molar-refractivity contribution in [3.05, 3.63) is 29.6 Å². The number of esters is 1. The van der Waals surface area contributed by atoms with Gasteiger partial charge >= 0.3 is 5.97 Å². The molecule has 1 heterocycles. The summed E-state index contributed by atoms with van der Waals surface area (Å²) in [6.45, 7) is 1.88. The quantitative estimate of drug-likeness (QED) is 0.629. The summed E-state index contributed by atoms with van der Waals surface area (Å²) in [5.41, 5.74) is 0.582. The zero-order chi connectivity index (χ0) is 15.7. The SMILES string of the molecule is CCCN(CC(=O)OC)C(=O)c1ncccc1C#CCO. The molecule has 0 spiro atoms. The van der Waals surface area contributed by atoms with E-state index in [2.05, 4.69) is 21.6 Å². The van der Waals surface area contributed by atoms with Crippen molar-refractivity contribution in [2.45, 2.75) is 13.3 Å². The van der Waals surface area contributed by atoms with E-state index in [1.54, 1.807) is 12.1 Å². The molecule has 0 saturated heterocycles. The van der Waals surface area contributed by atoms with E-state index >= 15 is 0 Å². The lowest BCUT2D eigenvalue weighted by Crippen LogP contribution is -2.37. The van der Waals surface area contributed by atoms with E-state index in [1.807, 2.05) is 6.92 Å². The van der Waals surface area contributed by atoms with E-state index in [4.69, 9.17) is 5.11 Å². The molecule has 0 aliphatic carbocycles. The molecule has 6 nitrogen and oxygen atoms in total. The first-order valence-electron chi connectivity index (χ1n) is 6.54. The molecule has 0 unspecified atom stereocenters. The summed E-state index contributed by atoms with van der Waals surface area (Å²) >= 11 is 0. The number of hydrogen-bond donors (Lipinski definition) is 1. The molecule has 1 N–H and O–H groups in total. The Labute approximate surface area is 123 Å². The first-order chi connectivity index (χ1) is 10.1. The molecule has 1 rings (SSSR count). The second-order valence-corrected chi connectivity index (χ2v) is 4.16. The highest BCUT2D eigenvalue weighted by atomic mass is 16.5. The van der Waals surface area contributed by atoms with Gasteiger partial charge in [0.1, 0.15) is 18.8 Å². The molecular formula is C15H18N2O4. The zero-order valence-corrected chi connectivity index (χ0v) is 12.1. The number of hydrogen-bond acceptors (Lipinski definition) is 5. The number of ether oxygens (including phenoxy) is 1. The summed E-state index contributed by atoms with van der Waals surface area (Å²) < 4.78 is 4.59. The number of pyridine rings is 1. The number of amides is 1. The van der Waals surface area contributed by atoms with Crippen LogP contribution >= 0.6 is 0 Å². The smallest absolute Gasteiger partial charge is 0.325 e. The van der Waals surface area contributed by atoms with Gasteiger partial charge in [-0.05, 0) is 18.6 Å². The average molecular weight is 290 g/mol. The van der Waals surface area contributed by atoms with Gasteiger partial charge in [0.15, 0.2) is 0 Å². The first-order valence-corrected chi connectivity index (χ1v) is 6.54. The molecule has 0 aliphatic rings. The fraction of sp³-hybridized carbons (Fsp3) is 0.400. The van der Waals surface area contributed by atoms with Crippen LogP contribution in [0.3, 0.4) is 0 Å². The van der Waals surface area contributed by atoms with Crippen molar-refractivity contribution < 1.29 is 19.4 Å². The van der Waals surface area contributed by atoms with Crippen LogP contribution in [-0.4, -0.2) is 53.7 Å². The van der Waals surface area contributed by atoms with Gasteiger partial charge in [-0.25, -0.2) is 4.98 Å². The summed E-state index contributed by atoms with van der Waals surface area (Å²) in [6.07, 6.45) is 2.19. The number of aromatic nitrogens is 1. The Kier molecular flexibility index (Phi) is 6.92. The molecule has 1 aromatic rings. The molecule has 6 heteroatoms. The van der Waals surface area contributed by atoms with Gasteiger partial charge < -0.3 is 14.7 Å². The maximum Gasteiger partial charge on any atom is 0.325 e. The summed E-state index contributed by atoms with van der Waals surface area (Å²) in [5, 5.41) is 8.75. The lowest BCUT2D eigenvalue weighted by Gasteiger charge is -2.20. The van der Waals surface area contributed by atoms with Crippen LogP contribution in [0.4, 0.5) is 0 Å². The highest BCUT2D eigenvalue weighted by Crippen LogP contribution is 2.09. The average Bonchev–Trinajstić information content (AvgIpc) is 2.51. The molecule has 0 saturated carbocycles. The normalized spacial score (nSPS) is 9.48. The number of aliphatic hydroxyl groups is 1. The third-order valence-corrected chi connectivity index (χ3v) is 2.64. The molecule has 112 valence electrons. The van der Waals surface area contributed by atoms with Gasteiger partial charge in [0.2, 0.25) is 0 Å². The number of nitrogens with zero attached hydrogens (tertiary/aromatic N) is 2. The molecule has 0 aromatic carbocycles. The van der Waals surface area contributed by atoms with Gasteiger partial charge in [-0.3, -0.25) is 9.59 Å². The minimum Gasteiger partial charge on any atom is -0.468 e. The topological polar surface area (TPSA) is 79.7 Å². The minimum atomic E-state index is -0.490. The maximum atomic E-state index is 12.5. The molecule has 0 fully saturated rings. The fourth-order valence-electron chi connectivity index (χ4n) is 1.70. The van der Waals surface area contributed by atoms with Crippen LogP contribution in [-0.2, 0) is 9.53 Å². The van der Waals surface area contributed by atoms with Crippen molar-refractivity contribution >= 4 is 11.9 Å². The molecule has 21 heavy (non-hydrogen) atoms. The van der Waals surface area contributed by atoms with Gasteiger partial charge in [-0.1, -0.05) is 18.8 Å². The Bertz CT molecular complexity index is 560. The van der Waals surface area contributed by atoms with Crippen molar-refractivity contribution in [3.63, 3.8) is 0 Å². The van der Waals surface area contributed by atoms with Crippen LogP contribution in [0.1, 0.15) is 29.4 Å². The summed E-state index contributed by atoms with van der Waals surface area (Å²) in [5.74, 6) is 4.29. The van der Waals surface area contributed by atoms with Crippen LogP contribution in [0.15, 0.2) is 18.3 Å². The first kappa shape index (κ1) is 16.7. The number of methoxy groups -OCH3 is 1. The van der Waals surface area contributed by atoms with Gasteiger partial charge in [-0.2, -0.15) is 0 Å².